The number of carbonyl (C=O) groups is 6. The van der Waals surface area contributed by atoms with Crippen LogP contribution >= 0.6 is 0 Å². The Hall–Kier alpha value is -4.68. The maximum Gasteiger partial charge on any atom is 0.509 e. The number of hydrogen-bond acceptors (Lipinski definition) is 12. The van der Waals surface area contributed by atoms with E-state index in [2.05, 4.69) is 37.6 Å². The minimum Gasteiger partial charge on any atom is -0.458 e. The molecule has 0 saturated carbocycles. The van der Waals surface area contributed by atoms with Gasteiger partial charge >= 0.3 is 36.0 Å². The van der Waals surface area contributed by atoms with E-state index in [-0.39, 0.29) is 0 Å². The summed E-state index contributed by atoms with van der Waals surface area (Å²) in [6, 6.07) is 0. The van der Waals surface area contributed by atoms with E-state index < -0.39 is 67.2 Å². The molecule has 0 rings (SSSR count). The molecule has 4 atom stereocenters. The number of rotatable bonds is 15. The molecule has 0 amide bonds. The van der Waals surface area contributed by atoms with Crippen LogP contribution < -0.4 is 0 Å². The molecule has 4 unspecified atom stereocenters. The Kier molecular flexibility index (Phi) is 13.1. The van der Waals surface area contributed by atoms with Crippen LogP contribution in [0, 0.1) is 0 Å². The van der Waals surface area contributed by atoms with Crippen LogP contribution in [0.5, 0.6) is 0 Å². The molecule has 0 heterocycles. The summed E-state index contributed by atoms with van der Waals surface area (Å²) in [5.41, 5.74) is 0. The first-order valence-corrected chi connectivity index (χ1v) is 9.03. The van der Waals surface area contributed by atoms with Crippen LogP contribution in [0.4, 0.5) is 4.79 Å². The molecule has 0 radical (unpaired) electrons. The number of hydrogen-bond donors (Lipinski definition) is 1. The van der Waals surface area contributed by atoms with Crippen LogP contribution in [-0.2, 0) is 52.4 Å². The molecule has 1 N–H and O–H groups in total. The second-order valence-corrected chi connectivity index (χ2v) is 5.62. The summed E-state index contributed by atoms with van der Waals surface area (Å²) in [7, 11) is 0. The highest BCUT2D eigenvalue weighted by molar-refractivity contribution is 5.84. The van der Waals surface area contributed by atoms with Crippen molar-refractivity contribution in [3.05, 3.63) is 63.3 Å². The molecular formula is C21H22O13. The largest absolute Gasteiger partial charge is 0.509 e. The van der Waals surface area contributed by atoms with Gasteiger partial charge in [-0.3, -0.25) is 0 Å². The Morgan fingerprint density at radius 2 is 1.00 bits per heavy atom. The molecule has 0 fully saturated rings. The molecule has 0 aliphatic rings. The lowest BCUT2D eigenvalue weighted by molar-refractivity contribution is -0.228. The van der Waals surface area contributed by atoms with Crippen LogP contribution in [0.2, 0.25) is 0 Å². The summed E-state index contributed by atoms with van der Waals surface area (Å²) in [5, 5.41) is 9.05. The molecule has 0 bridgehead atoms. The van der Waals surface area contributed by atoms with Crippen molar-refractivity contribution in [3.63, 3.8) is 0 Å². The molecule has 0 aliphatic heterocycles. The second-order valence-electron chi connectivity index (χ2n) is 5.62. The van der Waals surface area contributed by atoms with Gasteiger partial charge in [-0.15, -0.1) is 0 Å². The fraction of sp³-hybridized carbons (Fsp3) is 0.238. The molecular weight excluding hydrogens is 460 g/mol. The lowest BCUT2D eigenvalue weighted by Crippen LogP contribution is -2.54. The second kappa shape index (κ2) is 15.2. The van der Waals surface area contributed by atoms with Crippen LogP contribution in [0.3, 0.4) is 0 Å². The van der Waals surface area contributed by atoms with Crippen molar-refractivity contribution in [2.45, 2.75) is 24.6 Å². The van der Waals surface area contributed by atoms with Crippen LogP contribution in [-0.4, -0.2) is 72.3 Å². The van der Waals surface area contributed by atoms with Crippen LogP contribution in [0.1, 0.15) is 0 Å². The van der Waals surface area contributed by atoms with Gasteiger partial charge in [0.15, 0.2) is 12.2 Å². The van der Waals surface area contributed by atoms with E-state index in [1.54, 1.807) is 0 Å². The molecule has 184 valence electrons. The summed E-state index contributed by atoms with van der Waals surface area (Å²) in [6.45, 7) is 15.0. The monoisotopic (exact) mass is 482 g/mol. The van der Waals surface area contributed by atoms with Crippen molar-refractivity contribution < 1.29 is 62.3 Å². The molecule has 0 aromatic rings. The summed E-state index contributed by atoms with van der Waals surface area (Å²) < 4.78 is 29.1. The van der Waals surface area contributed by atoms with E-state index in [0.717, 1.165) is 6.08 Å². The van der Waals surface area contributed by atoms with E-state index in [1.807, 2.05) is 0 Å². The van der Waals surface area contributed by atoms with Gasteiger partial charge in [-0.2, -0.15) is 0 Å². The fourth-order valence-electron chi connectivity index (χ4n) is 2.03. The molecule has 0 aromatic carbocycles. The highest BCUT2D eigenvalue weighted by atomic mass is 16.8. The molecule has 0 aromatic heterocycles. The maximum atomic E-state index is 12.0. The topological polar surface area (TPSA) is 178 Å². The minimum atomic E-state index is -2.30. The third-order valence-electron chi connectivity index (χ3n) is 3.40. The molecule has 0 spiro atoms. The number of carbonyl (C=O) groups excluding carboxylic acids is 5. The first-order chi connectivity index (χ1) is 16.0. The molecule has 34 heavy (non-hydrogen) atoms. The quantitative estimate of drug-likeness (QED) is 0.150. The van der Waals surface area contributed by atoms with Crippen molar-refractivity contribution in [2.24, 2.45) is 0 Å². The van der Waals surface area contributed by atoms with Crippen LogP contribution in [0.15, 0.2) is 63.3 Å². The predicted octanol–water partition coefficient (Wildman–Crippen LogP) is 0.759. The number of esters is 5. The smallest absolute Gasteiger partial charge is 0.458 e. The normalized spacial score (nSPS) is 13.2. The standard InChI is InChI=1S/C21H22O13/c1-6-13(22)29-11-12(30-14(23)7-2)18(31-15(24)8-3)19(32-16(25)9-4)20(34-21(27)28)33-17(26)10-5/h6-10,12,18-20H,1-5,11H2,(H,27,28). The van der Waals surface area contributed by atoms with Gasteiger partial charge < -0.3 is 33.5 Å². The highest BCUT2D eigenvalue weighted by Crippen LogP contribution is 2.21. The van der Waals surface area contributed by atoms with E-state index >= 15 is 0 Å². The Bertz CT molecular complexity index is 857. The van der Waals surface area contributed by atoms with Crippen molar-refractivity contribution in [1.29, 1.82) is 0 Å². The average molecular weight is 482 g/mol. The molecule has 13 nitrogen and oxygen atoms in total. The van der Waals surface area contributed by atoms with E-state index in [0.29, 0.717) is 24.3 Å². The number of carboxylic acid groups (broad SMARTS) is 1. The van der Waals surface area contributed by atoms with E-state index in [4.69, 9.17) is 28.8 Å². The minimum absolute atomic E-state index is 0.621. The lowest BCUT2D eigenvalue weighted by atomic mass is 10.1. The van der Waals surface area contributed by atoms with Gasteiger partial charge in [-0.25, -0.2) is 28.8 Å². The first kappa shape index (κ1) is 29.3. The summed E-state index contributed by atoms with van der Waals surface area (Å²) >= 11 is 0. The fourth-order valence-corrected chi connectivity index (χ4v) is 2.03. The van der Waals surface area contributed by atoms with Gasteiger partial charge in [0.25, 0.3) is 6.29 Å². The Balaban J connectivity index is 6.68. The SMILES string of the molecule is C=CC(=O)OCC(OC(=O)C=C)C(OC(=O)C=C)C(OC(=O)C=C)C(OC(=O)O)OC(=O)C=C. The maximum absolute atomic E-state index is 12.0. The zero-order chi connectivity index (χ0) is 26.3. The van der Waals surface area contributed by atoms with Crippen LogP contribution in [0.25, 0.3) is 0 Å². The summed E-state index contributed by atoms with van der Waals surface area (Å²) in [4.78, 5) is 70.3. The van der Waals surface area contributed by atoms with Gasteiger partial charge in [-0.1, -0.05) is 32.9 Å². The highest BCUT2D eigenvalue weighted by Gasteiger charge is 2.46. The molecule has 0 aliphatic carbocycles. The third-order valence-corrected chi connectivity index (χ3v) is 3.40. The predicted molar refractivity (Wildman–Crippen MR) is 111 cm³/mol. The van der Waals surface area contributed by atoms with Gasteiger partial charge in [0.1, 0.15) is 6.61 Å². The third kappa shape index (κ3) is 10.6. The van der Waals surface area contributed by atoms with Gasteiger partial charge in [0, 0.05) is 30.4 Å². The summed E-state index contributed by atoms with van der Waals surface area (Å²) in [6.07, 6.45) is -6.85. The van der Waals surface area contributed by atoms with E-state index in [9.17, 15) is 28.8 Å². The average Bonchev–Trinajstić information content (AvgIpc) is 2.81. The van der Waals surface area contributed by atoms with Gasteiger partial charge in [0.05, 0.1) is 0 Å². The van der Waals surface area contributed by atoms with Crippen molar-refractivity contribution in [3.8, 4) is 0 Å². The van der Waals surface area contributed by atoms with Crippen molar-refractivity contribution in [2.75, 3.05) is 6.61 Å². The Labute approximate surface area is 193 Å². The van der Waals surface area contributed by atoms with Gasteiger partial charge in [0.2, 0.25) is 6.10 Å². The van der Waals surface area contributed by atoms with Crippen molar-refractivity contribution in [1.82, 2.24) is 0 Å². The van der Waals surface area contributed by atoms with E-state index in [1.165, 1.54) is 0 Å². The molecule has 13 heteroatoms. The molecule has 0 saturated heterocycles. The number of ether oxygens (including phenoxy) is 6. The van der Waals surface area contributed by atoms with Crippen molar-refractivity contribution >= 4 is 36.0 Å². The first-order valence-electron chi connectivity index (χ1n) is 9.03. The summed E-state index contributed by atoms with van der Waals surface area (Å²) in [5.74, 6) is -5.77. The Morgan fingerprint density at radius 3 is 1.44 bits per heavy atom. The van der Waals surface area contributed by atoms with Gasteiger partial charge in [-0.05, 0) is 0 Å². The Morgan fingerprint density at radius 1 is 0.588 bits per heavy atom. The zero-order valence-corrected chi connectivity index (χ0v) is 17.8. The zero-order valence-electron chi connectivity index (χ0n) is 17.8. The lowest BCUT2D eigenvalue weighted by Gasteiger charge is -2.34.